The van der Waals surface area contributed by atoms with Gasteiger partial charge in [0.25, 0.3) is 0 Å². The maximum absolute atomic E-state index is 5.79. The van der Waals surface area contributed by atoms with Gasteiger partial charge in [0.15, 0.2) is 0 Å². The zero-order valence-corrected chi connectivity index (χ0v) is 12.3. The molecule has 3 heteroatoms. The summed E-state index contributed by atoms with van der Waals surface area (Å²) in [6.07, 6.45) is 5.06. The standard InChI is InChI=1S/C16H26N2O/c1-16(2)10-8-13(9-11-16)15(18-17)12-4-6-14(19-3)7-5-12/h4-7,13,15,18H,8-11,17H2,1-3H3. The molecule has 0 aliphatic heterocycles. The number of nitrogens with two attached hydrogens (primary N) is 1. The molecule has 19 heavy (non-hydrogen) atoms. The zero-order chi connectivity index (χ0) is 13.9. The summed E-state index contributed by atoms with van der Waals surface area (Å²) in [7, 11) is 1.69. The highest BCUT2D eigenvalue weighted by Gasteiger charge is 2.31. The fourth-order valence-electron chi connectivity index (χ4n) is 3.07. The van der Waals surface area contributed by atoms with Crippen LogP contribution in [0.5, 0.6) is 5.75 Å². The van der Waals surface area contributed by atoms with Crippen molar-refractivity contribution in [2.45, 2.75) is 45.6 Å². The highest BCUT2D eigenvalue weighted by atomic mass is 16.5. The van der Waals surface area contributed by atoms with E-state index in [0.717, 1.165) is 5.75 Å². The van der Waals surface area contributed by atoms with Gasteiger partial charge in [-0.25, -0.2) is 0 Å². The van der Waals surface area contributed by atoms with E-state index in [2.05, 4.69) is 31.4 Å². The molecule has 3 N–H and O–H groups in total. The third-order valence-corrected chi connectivity index (χ3v) is 4.51. The molecule has 0 aromatic heterocycles. The smallest absolute Gasteiger partial charge is 0.118 e. The number of hydrogen-bond donors (Lipinski definition) is 2. The minimum Gasteiger partial charge on any atom is -0.497 e. The van der Waals surface area contributed by atoms with Gasteiger partial charge in [0.1, 0.15) is 5.75 Å². The highest BCUT2D eigenvalue weighted by molar-refractivity contribution is 5.29. The first-order valence-electron chi connectivity index (χ1n) is 7.16. The van der Waals surface area contributed by atoms with Crippen molar-refractivity contribution in [3.8, 4) is 5.75 Å². The fourth-order valence-corrected chi connectivity index (χ4v) is 3.07. The van der Waals surface area contributed by atoms with E-state index in [0.29, 0.717) is 11.3 Å². The lowest BCUT2D eigenvalue weighted by Gasteiger charge is -2.38. The van der Waals surface area contributed by atoms with Gasteiger partial charge in [-0.2, -0.15) is 0 Å². The molecule has 1 fully saturated rings. The molecule has 0 amide bonds. The Morgan fingerprint density at radius 3 is 2.26 bits per heavy atom. The topological polar surface area (TPSA) is 47.3 Å². The van der Waals surface area contributed by atoms with Crippen molar-refractivity contribution >= 4 is 0 Å². The van der Waals surface area contributed by atoms with Gasteiger partial charge < -0.3 is 4.74 Å². The van der Waals surface area contributed by atoms with Crippen LogP contribution in [0.1, 0.15) is 51.1 Å². The molecule has 1 aromatic carbocycles. The quantitative estimate of drug-likeness (QED) is 0.645. The van der Waals surface area contributed by atoms with Gasteiger partial charge in [-0.05, 0) is 54.7 Å². The molecule has 1 aromatic rings. The minimum absolute atomic E-state index is 0.252. The molecule has 0 saturated heterocycles. The van der Waals surface area contributed by atoms with Gasteiger partial charge in [0.05, 0.1) is 7.11 Å². The third-order valence-electron chi connectivity index (χ3n) is 4.51. The predicted octanol–water partition coefficient (Wildman–Crippen LogP) is 3.42. The van der Waals surface area contributed by atoms with E-state index >= 15 is 0 Å². The van der Waals surface area contributed by atoms with Gasteiger partial charge in [-0.3, -0.25) is 11.3 Å². The summed E-state index contributed by atoms with van der Waals surface area (Å²) in [6, 6.07) is 8.49. The van der Waals surface area contributed by atoms with Crippen LogP contribution in [0.25, 0.3) is 0 Å². The molecule has 0 spiro atoms. The Kier molecular flexibility index (Phi) is 4.48. The van der Waals surface area contributed by atoms with E-state index in [1.807, 2.05) is 12.1 Å². The van der Waals surface area contributed by atoms with Gasteiger partial charge in [0, 0.05) is 6.04 Å². The highest BCUT2D eigenvalue weighted by Crippen LogP contribution is 2.42. The molecule has 3 nitrogen and oxygen atoms in total. The van der Waals surface area contributed by atoms with Crippen LogP contribution in [0.15, 0.2) is 24.3 Å². The number of hydrazine groups is 1. The van der Waals surface area contributed by atoms with Crippen molar-refractivity contribution in [1.82, 2.24) is 5.43 Å². The van der Waals surface area contributed by atoms with Crippen molar-refractivity contribution < 1.29 is 4.74 Å². The number of methoxy groups -OCH3 is 1. The molecular formula is C16H26N2O. The summed E-state index contributed by atoms with van der Waals surface area (Å²) in [4.78, 5) is 0. The average Bonchev–Trinajstić information content (AvgIpc) is 2.42. The van der Waals surface area contributed by atoms with E-state index < -0.39 is 0 Å². The molecule has 0 heterocycles. The molecule has 0 bridgehead atoms. The first-order chi connectivity index (χ1) is 9.05. The molecule has 1 atom stereocenters. The number of ether oxygens (including phenoxy) is 1. The van der Waals surface area contributed by atoms with Crippen LogP contribution in [0.2, 0.25) is 0 Å². The van der Waals surface area contributed by atoms with E-state index in [-0.39, 0.29) is 6.04 Å². The van der Waals surface area contributed by atoms with Crippen LogP contribution in [-0.2, 0) is 0 Å². The van der Waals surface area contributed by atoms with Crippen molar-refractivity contribution in [2.24, 2.45) is 17.2 Å². The maximum atomic E-state index is 5.79. The van der Waals surface area contributed by atoms with Gasteiger partial charge in [0.2, 0.25) is 0 Å². The monoisotopic (exact) mass is 262 g/mol. The SMILES string of the molecule is COc1ccc(C(NN)C2CCC(C)(C)CC2)cc1. The number of rotatable bonds is 4. The van der Waals surface area contributed by atoms with Crippen LogP contribution in [0, 0.1) is 11.3 Å². The number of nitrogens with one attached hydrogen (secondary N) is 1. The summed E-state index contributed by atoms with van der Waals surface area (Å²) in [6.45, 7) is 4.73. The lowest BCUT2D eigenvalue weighted by Crippen LogP contribution is -2.36. The minimum atomic E-state index is 0.252. The van der Waals surface area contributed by atoms with E-state index in [9.17, 15) is 0 Å². The molecule has 106 valence electrons. The maximum Gasteiger partial charge on any atom is 0.118 e. The Labute approximate surface area is 116 Å². The van der Waals surface area contributed by atoms with Gasteiger partial charge >= 0.3 is 0 Å². The molecule has 2 rings (SSSR count). The van der Waals surface area contributed by atoms with Gasteiger partial charge in [-0.1, -0.05) is 26.0 Å². The Bertz CT molecular complexity index is 390. The fraction of sp³-hybridized carbons (Fsp3) is 0.625. The van der Waals surface area contributed by atoms with E-state index in [1.54, 1.807) is 7.11 Å². The molecule has 1 saturated carbocycles. The third kappa shape index (κ3) is 3.48. The first-order valence-corrected chi connectivity index (χ1v) is 7.16. The largest absolute Gasteiger partial charge is 0.497 e. The average molecular weight is 262 g/mol. The molecule has 0 radical (unpaired) electrons. The van der Waals surface area contributed by atoms with Crippen LogP contribution in [-0.4, -0.2) is 7.11 Å². The van der Waals surface area contributed by atoms with Crippen molar-refractivity contribution in [3.05, 3.63) is 29.8 Å². The second-order valence-electron chi connectivity index (χ2n) is 6.42. The van der Waals surface area contributed by atoms with Gasteiger partial charge in [-0.15, -0.1) is 0 Å². The van der Waals surface area contributed by atoms with Crippen molar-refractivity contribution in [2.75, 3.05) is 7.11 Å². The number of benzene rings is 1. The van der Waals surface area contributed by atoms with Crippen molar-refractivity contribution in [1.29, 1.82) is 0 Å². The summed E-state index contributed by atoms with van der Waals surface area (Å²) in [5.74, 6) is 7.32. The van der Waals surface area contributed by atoms with Crippen LogP contribution < -0.4 is 16.0 Å². The molecule has 1 aliphatic rings. The number of hydrogen-bond acceptors (Lipinski definition) is 3. The van der Waals surface area contributed by atoms with Crippen LogP contribution in [0.4, 0.5) is 0 Å². The lowest BCUT2D eigenvalue weighted by molar-refractivity contribution is 0.161. The molecule has 1 aliphatic carbocycles. The van der Waals surface area contributed by atoms with Crippen molar-refractivity contribution in [3.63, 3.8) is 0 Å². The Balaban J connectivity index is 2.07. The van der Waals surface area contributed by atoms with E-state index in [1.165, 1.54) is 31.2 Å². The summed E-state index contributed by atoms with van der Waals surface area (Å²) >= 11 is 0. The predicted molar refractivity (Wildman–Crippen MR) is 78.8 cm³/mol. The summed E-state index contributed by atoms with van der Waals surface area (Å²) in [5.41, 5.74) is 4.77. The lowest BCUT2D eigenvalue weighted by atomic mass is 9.70. The second kappa shape index (κ2) is 5.93. The first kappa shape index (κ1) is 14.4. The van der Waals surface area contributed by atoms with E-state index in [4.69, 9.17) is 10.6 Å². The Morgan fingerprint density at radius 2 is 1.79 bits per heavy atom. The normalized spacial score (nSPS) is 21.1. The Hall–Kier alpha value is -1.06. The Morgan fingerprint density at radius 1 is 1.21 bits per heavy atom. The summed E-state index contributed by atoms with van der Waals surface area (Å²) in [5, 5.41) is 0. The molecular weight excluding hydrogens is 236 g/mol. The van der Waals surface area contributed by atoms with Crippen LogP contribution >= 0.6 is 0 Å². The molecule has 1 unspecified atom stereocenters. The zero-order valence-electron chi connectivity index (χ0n) is 12.3. The van der Waals surface area contributed by atoms with Crippen LogP contribution in [0.3, 0.4) is 0 Å². The second-order valence-corrected chi connectivity index (χ2v) is 6.42. The summed E-state index contributed by atoms with van der Waals surface area (Å²) < 4.78 is 5.20.